The van der Waals surface area contributed by atoms with E-state index in [9.17, 15) is 0 Å². The SMILES string of the molecule is c1cc2c(cc1CN1CCC(C3CCCN3)CC1)OCO2. The van der Waals surface area contributed by atoms with E-state index in [0.717, 1.165) is 30.0 Å². The van der Waals surface area contributed by atoms with E-state index in [-0.39, 0.29) is 0 Å². The number of fused-ring (bicyclic) bond motifs is 1. The van der Waals surface area contributed by atoms with Gasteiger partial charge in [0.05, 0.1) is 0 Å². The summed E-state index contributed by atoms with van der Waals surface area (Å²) in [5, 5.41) is 3.67. The van der Waals surface area contributed by atoms with E-state index in [1.165, 1.54) is 50.9 Å². The van der Waals surface area contributed by atoms with E-state index < -0.39 is 0 Å². The molecule has 1 unspecified atom stereocenters. The summed E-state index contributed by atoms with van der Waals surface area (Å²) in [7, 11) is 0. The Morgan fingerprint density at radius 1 is 1.10 bits per heavy atom. The molecule has 0 aromatic heterocycles. The summed E-state index contributed by atoms with van der Waals surface area (Å²) in [6.07, 6.45) is 5.42. The molecule has 0 saturated carbocycles. The molecule has 0 radical (unpaired) electrons. The van der Waals surface area contributed by atoms with Gasteiger partial charge >= 0.3 is 0 Å². The molecule has 0 spiro atoms. The number of ether oxygens (including phenoxy) is 2. The molecular weight excluding hydrogens is 264 g/mol. The maximum Gasteiger partial charge on any atom is 0.231 e. The van der Waals surface area contributed by atoms with Crippen LogP contribution in [0.4, 0.5) is 0 Å². The second-order valence-electron chi connectivity index (χ2n) is 6.50. The molecule has 4 rings (SSSR count). The highest BCUT2D eigenvalue weighted by Gasteiger charge is 2.28. The van der Waals surface area contributed by atoms with Crippen LogP contribution in [0.15, 0.2) is 18.2 Å². The van der Waals surface area contributed by atoms with Gasteiger partial charge in [0, 0.05) is 12.6 Å². The van der Waals surface area contributed by atoms with Crippen LogP contribution in [-0.4, -0.2) is 37.4 Å². The fraction of sp³-hybridized carbons (Fsp3) is 0.647. The minimum absolute atomic E-state index is 0.360. The number of benzene rings is 1. The number of likely N-dealkylation sites (tertiary alicyclic amines) is 1. The summed E-state index contributed by atoms with van der Waals surface area (Å²) in [5.41, 5.74) is 1.33. The molecule has 2 fully saturated rings. The van der Waals surface area contributed by atoms with Crippen molar-refractivity contribution in [1.29, 1.82) is 0 Å². The van der Waals surface area contributed by atoms with Crippen LogP contribution in [0.5, 0.6) is 11.5 Å². The summed E-state index contributed by atoms with van der Waals surface area (Å²) in [6, 6.07) is 7.12. The Kier molecular flexibility index (Phi) is 3.74. The Labute approximate surface area is 126 Å². The largest absolute Gasteiger partial charge is 0.454 e. The minimum atomic E-state index is 0.360. The maximum absolute atomic E-state index is 5.46. The van der Waals surface area contributed by atoms with Crippen molar-refractivity contribution >= 4 is 0 Å². The summed E-state index contributed by atoms with van der Waals surface area (Å²) in [4.78, 5) is 2.57. The lowest BCUT2D eigenvalue weighted by atomic mass is 9.88. The quantitative estimate of drug-likeness (QED) is 0.926. The van der Waals surface area contributed by atoms with Gasteiger partial charge in [0.2, 0.25) is 6.79 Å². The highest BCUT2D eigenvalue weighted by Crippen LogP contribution is 2.33. The number of hydrogen-bond donors (Lipinski definition) is 1. The molecule has 1 N–H and O–H groups in total. The highest BCUT2D eigenvalue weighted by atomic mass is 16.7. The zero-order valence-electron chi connectivity index (χ0n) is 12.5. The van der Waals surface area contributed by atoms with E-state index in [1.54, 1.807) is 0 Å². The van der Waals surface area contributed by atoms with Crippen LogP contribution >= 0.6 is 0 Å². The third-order valence-corrected chi connectivity index (χ3v) is 5.14. The highest BCUT2D eigenvalue weighted by molar-refractivity contribution is 5.44. The summed E-state index contributed by atoms with van der Waals surface area (Å²) in [6.45, 7) is 5.05. The van der Waals surface area contributed by atoms with Crippen molar-refractivity contribution in [2.24, 2.45) is 5.92 Å². The van der Waals surface area contributed by atoms with Crippen LogP contribution in [0.2, 0.25) is 0 Å². The fourth-order valence-electron chi connectivity index (χ4n) is 3.92. The van der Waals surface area contributed by atoms with Gasteiger partial charge in [-0.25, -0.2) is 0 Å². The van der Waals surface area contributed by atoms with Gasteiger partial charge in [0.25, 0.3) is 0 Å². The standard InChI is InChI=1S/C17H24N2O2/c1-2-15(18-7-1)14-5-8-19(9-6-14)11-13-3-4-16-17(10-13)21-12-20-16/h3-4,10,14-15,18H,1-2,5-9,11-12H2. The monoisotopic (exact) mass is 288 g/mol. The Bertz CT molecular complexity index is 492. The van der Waals surface area contributed by atoms with Crippen molar-refractivity contribution in [1.82, 2.24) is 10.2 Å². The molecule has 21 heavy (non-hydrogen) atoms. The van der Waals surface area contributed by atoms with Gasteiger partial charge in [0.15, 0.2) is 11.5 Å². The zero-order chi connectivity index (χ0) is 14.1. The lowest BCUT2D eigenvalue weighted by Crippen LogP contribution is -2.40. The van der Waals surface area contributed by atoms with Gasteiger partial charge in [-0.2, -0.15) is 0 Å². The van der Waals surface area contributed by atoms with Gasteiger partial charge in [-0.3, -0.25) is 4.90 Å². The van der Waals surface area contributed by atoms with E-state index in [4.69, 9.17) is 9.47 Å². The minimum Gasteiger partial charge on any atom is -0.454 e. The molecule has 1 aromatic carbocycles. The summed E-state index contributed by atoms with van der Waals surface area (Å²) in [5.74, 6) is 2.67. The number of nitrogens with one attached hydrogen (secondary N) is 1. The first-order valence-corrected chi connectivity index (χ1v) is 8.23. The van der Waals surface area contributed by atoms with Crippen molar-refractivity contribution in [3.63, 3.8) is 0 Å². The number of hydrogen-bond acceptors (Lipinski definition) is 4. The molecule has 2 saturated heterocycles. The Morgan fingerprint density at radius 2 is 1.95 bits per heavy atom. The topological polar surface area (TPSA) is 33.7 Å². The second kappa shape index (κ2) is 5.85. The second-order valence-corrected chi connectivity index (χ2v) is 6.50. The number of rotatable bonds is 3. The first kappa shape index (κ1) is 13.4. The predicted octanol–water partition coefficient (Wildman–Crippen LogP) is 2.38. The van der Waals surface area contributed by atoms with Gasteiger partial charge in [-0.1, -0.05) is 6.07 Å². The molecule has 3 heterocycles. The fourth-order valence-corrected chi connectivity index (χ4v) is 3.92. The molecule has 114 valence electrons. The van der Waals surface area contributed by atoms with Crippen LogP contribution in [0.1, 0.15) is 31.2 Å². The normalized spacial score (nSPS) is 26.4. The lowest BCUT2D eigenvalue weighted by Gasteiger charge is -2.34. The number of nitrogens with zero attached hydrogens (tertiary/aromatic N) is 1. The lowest BCUT2D eigenvalue weighted by molar-refractivity contribution is 0.157. The third-order valence-electron chi connectivity index (χ3n) is 5.14. The molecule has 4 nitrogen and oxygen atoms in total. The zero-order valence-corrected chi connectivity index (χ0v) is 12.5. The third kappa shape index (κ3) is 2.87. The van der Waals surface area contributed by atoms with Crippen molar-refractivity contribution in [3.05, 3.63) is 23.8 Å². The first-order chi connectivity index (χ1) is 10.4. The molecule has 1 aromatic rings. The van der Waals surface area contributed by atoms with Gasteiger partial charge in [0.1, 0.15) is 0 Å². The van der Waals surface area contributed by atoms with Gasteiger partial charge in [-0.15, -0.1) is 0 Å². The maximum atomic E-state index is 5.46. The molecule has 4 heteroatoms. The average molecular weight is 288 g/mol. The molecule has 0 bridgehead atoms. The van der Waals surface area contributed by atoms with Crippen LogP contribution in [-0.2, 0) is 6.54 Å². The Morgan fingerprint density at radius 3 is 2.76 bits per heavy atom. The Hall–Kier alpha value is -1.26. The molecule has 3 aliphatic heterocycles. The van der Waals surface area contributed by atoms with Crippen LogP contribution in [0.3, 0.4) is 0 Å². The smallest absolute Gasteiger partial charge is 0.231 e. The van der Waals surface area contributed by atoms with Crippen molar-refractivity contribution in [2.45, 2.75) is 38.3 Å². The van der Waals surface area contributed by atoms with E-state index >= 15 is 0 Å². The molecule has 0 aliphatic carbocycles. The van der Waals surface area contributed by atoms with Crippen LogP contribution in [0.25, 0.3) is 0 Å². The van der Waals surface area contributed by atoms with Crippen molar-refractivity contribution in [3.8, 4) is 11.5 Å². The Balaban J connectivity index is 1.32. The van der Waals surface area contributed by atoms with Gasteiger partial charge < -0.3 is 14.8 Å². The van der Waals surface area contributed by atoms with E-state index in [1.807, 2.05) is 6.07 Å². The summed E-state index contributed by atoms with van der Waals surface area (Å²) < 4.78 is 10.8. The molecular formula is C17H24N2O2. The van der Waals surface area contributed by atoms with Crippen molar-refractivity contribution < 1.29 is 9.47 Å². The molecule has 1 atom stereocenters. The predicted molar refractivity (Wildman–Crippen MR) is 81.6 cm³/mol. The van der Waals surface area contributed by atoms with Crippen LogP contribution in [0, 0.1) is 5.92 Å². The van der Waals surface area contributed by atoms with Gasteiger partial charge in [-0.05, 0) is 68.9 Å². The first-order valence-electron chi connectivity index (χ1n) is 8.23. The molecule has 0 amide bonds. The van der Waals surface area contributed by atoms with Crippen LogP contribution < -0.4 is 14.8 Å². The van der Waals surface area contributed by atoms with Crippen molar-refractivity contribution in [2.75, 3.05) is 26.4 Å². The van der Waals surface area contributed by atoms with E-state index in [2.05, 4.69) is 22.3 Å². The summed E-state index contributed by atoms with van der Waals surface area (Å²) >= 11 is 0. The molecule has 3 aliphatic rings. The average Bonchev–Trinajstić information content (AvgIpc) is 3.19. The van der Waals surface area contributed by atoms with E-state index in [0.29, 0.717) is 6.79 Å². The number of piperidine rings is 1.